The van der Waals surface area contributed by atoms with Gasteiger partial charge in [-0.1, -0.05) is 12.1 Å². The van der Waals surface area contributed by atoms with Crippen molar-refractivity contribution in [2.45, 2.75) is 6.04 Å². The lowest BCUT2D eigenvalue weighted by molar-refractivity contribution is -0.137. The molecule has 18 heavy (non-hydrogen) atoms. The number of carbonyl (C=O) groups is 2. The van der Waals surface area contributed by atoms with Gasteiger partial charge in [-0.05, 0) is 17.7 Å². The Kier molecular flexibility index (Phi) is 3.69. The third kappa shape index (κ3) is 2.72. The van der Waals surface area contributed by atoms with E-state index >= 15 is 0 Å². The van der Waals surface area contributed by atoms with Crippen LogP contribution < -0.4 is 11.1 Å². The Morgan fingerprint density at radius 2 is 2.00 bits per heavy atom. The molecule has 1 atom stereocenters. The molecule has 1 saturated heterocycles. The molecule has 3 N–H and O–H groups in total. The van der Waals surface area contributed by atoms with E-state index in [1.54, 1.807) is 17.0 Å². The molecule has 1 heterocycles. The zero-order chi connectivity index (χ0) is 13.1. The number of hydrogen-bond donors (Lipinski definition) is 2. The van der Waals surface area contributed by atoms with E-state index in [9.17, 15) is 14.0 Å². The van der Waals surface area contributed by atoms with E-state index in [0.717, 1.165) is 0 Å². The van der Waals surface area contributed by atoms with Gasteiger partial charge in [0, 0.05) is 12.6 Å². The number of halogens is 1. The van der Waals surface area contributed by atoms with Crippen LogP contribution in [0.3, 0.4) is 0 Å². The van der Waals surface area contributed by atoms with Crippen LogP contribution in [0.25, 0.3) is 0 Å². The maximum absolute atomic E-state index is 13.2. The van der Waals surface area contributed by atoms with Crippen molar-refractivity contribution in [1.82, 2.24) is 10.2 Å². The van der Waals surface area contributed by atoms with Crippen molar-refractivity contribution in [2.24, 2.45) is 5.73 Å². The van der Waals surface area contributed by atoms with Crippen molar-refractivity contribution < 1.29 is 14.0 Å². The first-order valence-corrected chi connectivity index (χ1v) is 5.62. The average molecular weight is 251 g/mol. The molecule has 0 radical (unpaired) electrons. The van der Waals surface area contributed by atoms with Crippen LogP contribution in [0, 0.1) is 5.82 Å². The molecule has 96 valence electrons. The van der Waals surface area contributed by atoms with Gasteiger partial charge in [0.2, 0.25) is 11.8 Å². The summed E-state index contributed by atoms with van der Waals surface area (Å²) >= 11 is 0. The Bertz CT molecular complexity index is 462. The number of nitrogens with one attached hydrogen (secondary N) is 1. The molecule has 0 bridgehead atoms. The van der Waals surface area contributed by atoms with Gasteiger partial charge in [0.05, 0.1) is 13.1 Å². The van der Waals surface area contributed by atoms with E-state index in [4.69, 9.17) is 5.73 Å². The van der Waals surface area contributed by atoms with Gasteiger partial charge in [0.15, 0.2) is 0 Å². The van der Waals surface area contributed by atoms with Crippen molar-refractivity contribution in [3.05, 3.63) is 35.6 Å². The fourth-order valence-corrected chi connectivity index (χ4v) is 2.09. The fraction of sp³-hybridized carbons (Fsp3) is 0.333. The highest BCUT2D eigenvalue weighted by Gasteiger charge is 2.28. The highest BCUT2D eigenvalue weighted by molar-refractivity contribution is 5.99. The maximum atomic E-state index is 13.2. The molecule has 0 spiro atoms. The summed E-state index contributed by atoms with van der Waals surface area (Å²) in [4.78, 5) is 24.3. The van der Waals surface area contributed by atoms with Gasteiger partial charge < -0.3 is 5.73 Å². The molecule has 2 amide bonds. The normalized spacial score (nSPS) is 18.6. The van der Waals surface area contributed by atoms with Crippen molar-refractivity contribution in [3.63, 3.8) is 0 Å². The Labute approximate surface area is 104 Å². The third-order valence-electron chi connectivity index (χ3n) is 2.87. The summed E-state index contributed by atoms with van der Waals surface area (Å²) in [6.07, 6.45) is 0. The molecule has 1 aromatic rings. The van der Waals surface area contributed by atoms with Crippen molar-refractivity contribution in [3.8, 4) is 0 Å². The fourth-order valence-electron chi connectivity index (χ4n) is 2.09. The molecular weight excluding hydrogens is 237 g/mol. The Hall–Kier alpha value is -1.79. The molecule has 0 aromatic heterocycles. The van der Waals surface area contributed by atoms with Crippen LogP contribution in [0.5, 0.6) is 0 Å². The highest BCUT2D eigenvalue weighted by atomic mass is 19.1. The Balaban J connectivity index is 2.22. The standard InChI is InChI=1S/C12H14FN3O2/c13-9-3-1-2-8(4-9)10(5-14)16-6-11(17)15-12(18)7-16/h1-4,10H,5-7,14H2,(H,15,17,18). The van der Waals surface area contributed by atoms with Crippen LogP contribution >= 0.6 is 0 Å². The summed E-state index contributed by atoms with van der Waals surface area (Å²) in [7, 11) is 0. The van der Waals surface area contributed by atoms with Gasteiger partial charge in [-0.15, -0.1) is 0 Å². The SMILES string of the molecule is NCC(c1cccc(F)c1)N1CC(=O)NC(=O)C1. The molecule has 1 aliphatic rings. The highest BCUT2D eigenvalue weighted by Crippen LogP contribution is 2.21. The quantitative estimate of drug-likeness (QED) is 0.728. The minimum Gasteiger partial charge on any atom is -0.329 e. The van der Waals surface area contributed by atoms with Crippen LogP contribution in [0.1, 0.15) is 11.6 Å². The number of nitrogens with zero attached hydrogens (tertiary/aromatic N) is 1. The summed E-state index contributed by atoms with van der Waals surface area (Å²) in [6, 6.07) is 5.69. The van der Waals surface area contributed by atoms with E-state index in [2.05, 4.69) is 5.32 Å². The van der Waals surface area contributed by atoms with Gasteiger partial charge in [0.1, 0.15) is 5.82 Å². The van der Waals surface area contributed by atoms with Gasteiger partial charge in [-0.25, -0.2) is 4.39 Å². The second-order valence-corrected chi connectivity index (χ2v) is 4.18. The number of nitrogens with two attached hydrogens (primary N) is 1. The number of amides is 2. The van der Waals surface area contributed by atoms with Crippen molar-refractivity contribution in [2.75, 3.05) is 19.6 Å². The van der Waals surface area contributed by atoms with E-state index in [-0.39, 0.29) is 43.3 Å². The summed E-state index contributed by atoms with van der Waals surface area (Å²) in [5, 5.41) is 2.22. The summed E-state index contributed by atoms with van der Waals surface area (Å²) < 4.78 is 13.2. The molecule has 5 nitrogen and oxygen atoms in total. The zero-order valence-corrected chi connectivity index (χ0v) is 9.73. The first kappa shape index (κ1) is 12.7. The minimum absolute atomic E-state index is 0.0874. The van der Waals surface area contributed by atoms with Crippen LogP contribution in [-0.4, -0.2) is 36.3 Å². The summed E-state index contributed by atoms with van der Waals surface area (Å²) in [5.74, 6) is -1.08. The van der Waals surface area contributed by atoms with Crippen LogP contribution in [0.2, 0.25) is 0 Å². The molecule has 1 fully saturated rings. The molecule has 1 aromatic carbocycles. The van der Waals surface area contributed by atoms with Crippen molar-refractivity contribution >= 4 is 11.8 Å². The molecule has 6 heteroatoms. The van der Waals surface area contributed by atoms with Gasteiger partial charge in [-0.2, -0.15) is 0 Å². The molecule has 0 aliphatic carbocycles. The lowest BCUT2D eigenvalue weighted by atomic mass is 10.0. The van der Waals surface area contributed by atoms with Gasteiger partial charge >= 0.3 is 0 Å². The van der Waals surface area contributed by atoms with E-state index in [1.807, 2.05) is 0 Å². The number of piperazine rings is 1. The predicted octanol–water partition coefficient (Wildman–Crippen LogP) is -0.216. The lowest BCUT2D eigenvalue weighted by Gasteiger charge is -2.32. The van der Waals surface area contributed by atoms with Gasteiger partial charge in [-0.3, -0.25) is 19.8 Å². The molecule has 1 unspecified atom stereocenters. The number of carbonyl (C=O) groups excluding carboxylic acids is 2. The largest absolute Gasteiger partial charge is 0.329 e. The van der Waals surface area contributed by atoms with Crippen LogP contribution in [-0.2, 0) is 9.59 Å². The number of rotatable bonds is 3. The molecule has 0 saturated carbocycles. The zero-order valence-electron chi connectivity index (χ0n) is 9.73. The number of hydrogen-bond acceptors (Lipinski definition) is 4. The van der Waals surface area contributed by atoms with Crippen LogP contribution in [0.15, 0.2) is 24.3 Å². The molecule has 2 rings (SSSR count). The topological polar surface area (TPSA) is 75.4 Å². The number of imide groups is 1. The summed E-state index contributed by atoms with van der Waals surface area (Å²) in [6.45, 7) is 0.387. The Morgan fingerprint density at radius 3 is 2.56 bits per heavy atom. The lowest BCUT2D eigenvalue weighted by Crippen LogP contribution is -2.53. The van der Waals surface area contributed by atoms with E-state index in [0.29, 0.717) is 5.56 Å². The predicted molar refractivity (Wildman–Crippen MR) is 62.9 cm³/mol. The second kappa shape index (κ2) is 5.24. The smallest absolute Gasteiger partial charge is 0.240 e. The van der Waals surface area contributed by atoms with E-state index in [1.165, 1.54) is 12.1 Å². The monoisotopic (exact) mass is 251 g/mol. The minimum atomic E-state index is -0.362. The van der Waals surface area contributed by atoms with Crippen molar-refractivity contribution in [1.29, 1.82) is 0 Å². The number of benzene rings is 1. The van der Waals surface area contributed by atoms with Crippen LogP contribution in [0.4, 0.5) is 4.39 Å². The maximum Gasteiger partial charge on any atom is 0.240 e. The molecule has 1 aliphatic heterocycles. The van der Waals surface area contributed by atoms with E-state index < -0.39 is 0 Å². The summed E-state index contributed by atoms with van der Waals surface area (Å²) in [5.41, 5.74) is 6.34. The molecular formula is C12H14FN3O2. The first-order chi connectivity index (χ1) is 8.60. The first-order valence-electron chi connectivity index (χ1n) is 5.62. The van der Waals surface area contributed by atoms with Gasteiger partial charge in [0.25, 0.3) is 0 Å². The average Bonchev–Trinajstić information content (AvgIpc) is 2.28. The Morgan fingerprint density at radius 1 is 1.33 bits per heavy atom. The third-order valence-corrected chi connectivity index (χ3v) is 2.87. The second-order valence-electron chi connectivity index (χ2n) is 4.18.